The van der Waals surface area contributed by atoms with Gasteiger partial charge in [0, 0.05) is 64.4 Å². The van der Waals surface area contributed by atoms with Crippen LogP contribution in [0, 0.1) is 37.2 Å². The van der Waals surface area contributed by atoms with Crippen molar-refractivity contribution in [3.8, 4) is 10.6 Å². The van der Waals surface area contributed by atoms with Gasteiger partial charge in [-0.15, -0.1) is 22.7 Å². The molecule has 5 aromatic rings. The molecule has 7 heteroatoms. The molecular weight excluding hydrogens is 779 g/mol. The molecule has 0 amide bonds. The van der Waals surface area contributed by atoms with Crippen molar-refractivity contribution in [3.05, 3.63) is 64.4 Å². The van der Waals surface area contributed by atoms with Gasteiger partial charge in [0.15, 0.2) is 5.78 Å². The number of aryl methyl sites for hydroxylation is 2. The normalized spacial score (nSPS) is 12.3. The van der Waals surface area contributed by atoms with Crippen LogP contribution in [0.15, 0.2) is 42.3 Å². The summed E-state index contributed by atoms with van der Waals surface area (Å²) in [5, 5.41) is 12.5. The van der Waals surface area contributed by atoms with E-state index >= 15 is 0 Å². The summed E-state index contributed by atoms with van der Waals surface area (Å²) in [6.07, 6.45) is 7.97. The van der Waals surface area contributed by atoms with Crippen molar-refractivity contribution >= 4 is 69.4 Å². The first-order valence-corrected chi connectivity index (χ1v) is 18.0. The van der Waals surface area contributed by atoms with E-state index < -0.39 is 0 Å². The van der Waals surface area contributed by atoms with Crippen molar-refractivity contribution in [2.24, 2.45) is 17.3 Å². The third kappa shape index (κ3) is 8.27. The van der Waals surface area contributed by atoms with Gasteiger partial charge < -0.3 is 10.1 Å². The van der Waals surface area contributed by atoms with Gasteiger partial charge in [0.1, 0.15) is 0 Å². The molecule has 0 spiro atoms. The van der Waals surface area contributed by atoms with Gasteiger partial charge in [-0.2, -0.15) is 11.6 Å². The van der Waals surface area contributed by atoms with Crippen molar-refractivity contribution in [2.75, 3.05) is 0 Å². The zero-order valence-corrected chi connectivity index (χ0v) is 32.4. The molecule has 0 bridgehead atoms. The van der Waals surface area contributed by atoms with Crippen molar-refractivity contribution in [1.29, 1.82) is 0 Å². The van der Waals surface area contributed by atoms with Crippen LogP contribution in [0.3, 0.4) is 0 Å². The summed E-state index contributed by atoms with van der Waals surface area (Å²) in [7, 11) is 0. The summed E-state index contributed by atoms with van der Waals surface area (Å²) in [6.45, 7) is 19.3. The zero-order valence-electron chi connectivity index (χ0n) is 27.5. The van der Waals surface area contributed by atoms with E-state index in [0.29, 0.717) is 5.41 Å². The van der Waals surface area contributed by atoms with Gasteiger partial charge in [0.2, 0.25) is 0 Å². The Balaban J connectivity index is 0.000000286. The number of aromatic nitrogens is 1. The number of aliphatic hydroxyl groups excluding tert-OH is 1. The molecule has 3 nitrogen and oxygen atoms in total. The summed E-state index contributed by atoms with van der Waals surface area (Å²) in [6, 6.07) is 12.7. The van der Waals surface area contributed by atoms with Crippen molar-refractivity contribution in [2.45, 2.75) is 94.4 Å². The van der Waals surface area contributed by atoms with Gasteiger partial charge in [-0.25, -0.2) is 11.3 Å². The van der Waals surface area contributed by atoms with E-state index in [0.717, 1.165) is 42.7 Å². The largest absolute Gasteiger partial charge is 0.512 e. The first kappa shape index (κ1) is 36.6. The van der Waals surface area contributed by atoms with Gasteiger partial charge in [0.05, 0.1) is 15.2 Å². The Kier molecular flexibility index (Phi) is 13.0. The van der Waals surface area contributed by atoms with Gasteiger partial charge in [-0.05, 0) is 60.9 Å². The number of fused-ring (bicyclic) bond motifs is 5. The molecular formula is C37H46IrNO2S3-. The minimum atomic E-state index is 0. The second-order valence-electron chi connectivity index (χ2n) is 12.7. The number of rotatable bonds is 9. The first-order valence-electron chi connectivity index (χ1n) is 15.6. The maximum absolute atomic E-state index is 11.7. The van der Waals surface area contributed by atoms with Crippen LogP contribution in [0.25, 0.3) is 40.1 Å². The maximum Gasteiger partial charge on any atom is 0.162 e. The predicted octanol–water partition coefficient (Wildman–Crippen LogP) is 12.3. The molecule has 0 atom stereocenters. The first-order chi connectivity index (χ1) is 20.4. The number of thiophene rings is 3. The van der Waals surface area contributed by atoms with Crippen LogP contribution >= 0.6 is 34.0 Å². The predicted molar refractivity (Wildman–Crippen MR) is 191 cm³/mol. The molecule has 0 aliphatic rings. The zero-order chi connectivity index (χ0) is 31.5. The smallest absolute Gasteiger partial charge is 0.162 e. The van der Waals surface area contributed by atoms with E-state index in [9.17, 15) is 9.90 Å². The van der Waals surface area contributed by atoms with Crippen LogP contribution in [0.4, 0.5) is 0 Å². The Bertz CT molecular complexity index is 1720. The number of carbonyl (C=O) groups excluding carboxylic acids is 1. The molecule has 4 heterocycles. The molecule has 0 fully saturated rings. The van der Waals surface area contributed by atoms with Gasteiger partial charge >= 0.3 is 0 Å². The fraction of sp³-hybridized carbons (Fsp3) is 0.459. The standard InChI is InChI=1S/C24H22NS3.C13H24O2.Ir/c1-13-10-19(26-14(13)2)20-21-17(8-9-25-20)23-22(28-21)16-7-6-15(11-18(16)27-23)12-24(3,4)5;1-5-10(6-2)12(14)9-13(15)11(7-3)8-4;/h6-9,11H,12H2,1-5H3;9-11,14H,5-8H2,1-4H3;/q-1;;/b;12-9-;. The van der Waals surface area contributed by atoms with E-state index in [1.165, 1.54) is 51.7 Å². The van der Waals surface area contributed by atoms with E-state index in [4.69, 9.17) is 4.98 Å². The Morgan fingerprint density at radius 1 is 0.909 bits per heavy atom. The average molecular weight is 825 g/mol. The maximum atomic E-state index is 11.7. The van der Waals surface area contributed by atoms with Crippen LogP contribution < -0.4 is 0 Å². The Morgan fingerprint density at radius 3 is 2.11 bits per heavy atom. The molecule has 0 unspecified atom stereocenters. The van der Waals surface area contributed by atoms with E-state index in [1.807, 2.05) is 56.6 Å². The molecule has 0 aliphatic carbocycles. The molecule has 1 N–H and O–H groups in total. The fourth-order valence-corrected chi connectivity index (χ4v) is 9.34. The molecule has 0 aliphatic heterocycles. The number of nitrogens with zero attached hydrogens (tertiary/aromatic N) is 1. The van der Waals surface area contributed by atoms with Gasteiger partial charge in [-0.1, -0.05) is 84.2 Å². The number of hydrogen-bond acceptors (Lipinski definition) is 6. The summed E-state index contributed by atoms with van der Waals surface area (Å²) in [4.78, 5) is 18.9. The topological polar surface area (TPSA) is 50.2 Å². The van der Waals surface area contributed by atoms with Crippen molar-refractivity contribution < 1.29 is 30.0 Å². The van der Waals surface area contributed by atoms with E-state index in [-0.39, 0.29) is 43.5 Å². The number of pyridine rings is 1. The molecule has 1 radical (unpaired) electrons. The van der Waals surface area contributed by atoms with Crippen LogP contribution in [0.2, 0.25) is 0 Å². The second-order valence-corrected chi connectivity index (χ2v) is 16.0. The third-order valence-electron chi connectivity index (χ3n) is 8.18. The van der Waals surface area contributed by atoms with Crippen LogP contribution in [0.5, 0.6) is 0 Å². The van der Waals surface area contributed by atoms with E-state index in [2.05, 4.69) is 65.0 Å². The summed E-state index contributed by atoms with van der Waals surface area (Å²) < 4.78 is 5.49. The van der Waals surface area contributed by atoms with Crippen LogP contribution in [-0.2, 0) is 31.3 Å². The number of ketones is 1. The van der Waals surface area contributed by atoms with Gasteiger partial charge in [0.25, 0.3) is 0 Å². The molecule has 1 aromatic carbocycles. The monoisotopic (exact) mass is 825 g/mol. The SMILES string of the molecule is CCC(CC)C(=O)/C=C(\O)C(CC)CC.Cc1[c-]c(-c2nccc3c2sc2c4ccc(CC(C)(C)C)cc4sc32)sc1C.[Ir]. The average Bonchev–Trinajstić information content (AvgIpc) is 3.60. The van der Waals surface area contributed by atoms with Crippen LogP contribution in [0.1, 0.15) is 90.2 Å². The Morgan fingerprint density at radius 2 is 1.55 bits per heavy atom. The fourth-order valence-electron chi connectivity index (χ4n) is 5.51. The quantitative estimate of drug-likeness (QED) is 0.0915. The van der Waals surface area contributed by atoms with Crippen molar-refractivity contribution in [3.63, 3.8) is 0 Å². The minimum absolute atomic E-state index is 0. The van der Waals surface area contributed by atoms with Gasteiger partial charge in [-0.3, -0.25) is 4.79 Å². The minimum Gasteiger partial charge on any atom is -0.512 e. The number of carbonyl (C=O) groups is 1. The third-order valence-corrected chi connectivity index (χ3v) is 11.9. The number of allylic oxidation sites excluding steroid dienone is 2. The van der Waals surface area contributed by atoms with Crippen LogP contribution in [-0.4, -0.2) is 15.9 Å². The second kappa shape index (κ2) is 15.6. The molecule has 0 saturated heterocycles. The van der Waals surface area contributed by atoms with E-state index in [1.54, 1.807) is 11.3 Å². The number of benzene rings is 1. The molecule has 4 aromatic heterocycles. The van der Waals surface area contributed by atoms with Crippen molar-refractivity contribution in [1.82, 2.24) is 4.98 Å². The molecule has 5 rings (SSSR count). The summed E-state index contributed by atoms with van der Waals surface area (Å²) in [5.74, 6) is 0.547. The number of aliphatic hydroxyl groups is 1. The molecule has 44 heavy (non-hydrogen) atoms. The summed E-state index contributed by atoms with van der Waals surface area (Å²) >= 11 is 5.61. The molecule has 239 valence electrons. The Hall–Kier alpha value is -1.89. The molecule has 0 saturated carbocycles. The number of hydrogen-bond donors (Lipinski definition) is 1. The Labute approximate surface area is 289 Å². The summed E-state index contributed by atoms with van der Waals surface area (Å²) in [5.41, 5.74) is 4.06.